The minimum atomic E-state index is -3.87. The van der Waals surface area contributed by atoms with E-state index in [1.54, 1.807) is 30.5 Å². The smallest absolute Gasteiger partial charge is 0.264 e. The van der Waals surface area contributed by atoms with Crippen molar-refractivity contribution in [2.45, 2.75) is 18.2 Å². The van der Waals surface area contributed by atoms with Crippen LogP contribution in [0.5, 0.6) is 0 Å². The first-order valence-corrected chi connectivity index (χ1v) is 9.68. The van der Waals surface area contributed by atoms with E-state index in [0.29, 0.717) is 29.0 Å². The fourth-order valence-corrected chi connectivity index (χ4v) is 3.86. The number of anilines is 2. The van der Waals surface area contributed by atoms with Crippen molar-refractivity contribution in [2.24, 2.45) is 0 Å². The molecule has 2 N–H and O–H groups in total. The molecule has 1 aromatic heterocycles. The Bertz CT molecular complexity index is 1080. The van der Waals surface area contributed by atoms with Crippen LogP contribution in [0.2, 0.25) is 0 Å². The molecule has 0 unspecified atom stereocenters. The van der Waals surface area contributed by atoms with E-state index >= 15 is 0 Å². The Morgan fingerprint density at radius 1 is 1.12 bits per heavy atom. The van der Waals surface area contributed by atoms with Crippen LogP contribution in [0.3, 0.4) is 0 Å². The minimum Gasteiger partial charge on any atom is -0.383 e. The number of hydrogen-bond donors (Lipinski definition) is 2. The highest BCUT2D eigenvalue weighted by atomic mass is 32.2. The van der Waals surface area contributed by atoms with Gasteiger partial charge in [0.1, 0.15) is 4.90 Å². The van der Waals surface area contributed by atoms with Gasteiger partial charge in [0.25, 0.3) is 10.0 Å². The second-order valence-corrected chi connectivity index (χ2v) is 7.39. The molecule has 132 valence electrons. The van der Waals surface area contributed by atoms with Gasteiger partial charge in [-0.2, -0.15) is 5.26 Å². The third-order valence-electron chi connectivity index (χ3n) is 3.84. The first-order valence-electron chi connectivity index (χ1n) is 8.20. The number of para-hydroxylation sites is 1. The largest absolute Gasteiger partial charge is 0.383 e. The maximum Gasteiger partial charge on any atom is 0.264 e. The molecular weight excluding hydrogens is 348 g/mol. The first kappa shape index (κ1) is 17.7. The lowest BCUT2D eigenvalue weighted by Crippen LogP contribution is -2.15. The molecule has 0 aliphatic rings. The average molecular weight is 366 g/mol. The van der Waals surface area contributed by atoms with Crippen LogP contribution < -0.4 is 10.0 Å². The van der Waals surface area contributed by atoms with Gasteiger partial charge in [-0.3, -0.25) is 9.71 Å². The lowest BCUT2D eigenvalue weighted by atomic mass is 10.2. The monoisotopic (exact) mass is 366 g/mol. The molecule has 0 aliphatic carbocycles. The molecular formula is C19H18N4O2S. The molecule has 0 saturated carbocycles. The molecule has 3 aromatic rings. The Morgan fingerprint density at radius 3 is 2.69 bits per heavy atom. The quantitative estimate of drug-likeness (QED) is 0.693. The van der Waals surface area contributed by atoms with Gasteiger partial charge in [-0.15, -0.1) is 0 Å². The van der Waals surface area contributed by atoms with Gasteiger partial charge < -0.3 is 5.32 Å². The molecule has 0 amide bonds. The molecule has 2 aromatic carbocycles. The van der Waals surface area contributed by atoms with Crippen LogP contribution in [0.25, 0.3) is 10.9 Å². The molecule has 0 saturated heterocycles. The van der Waals surface area contributed by atoms with E-state index < -0.39 is 10.0 Å². The Kier molecular flexibility index (Phi) is 5.05. The number of nitrogens with zero attached hydrogens (tertiary/aromatic N) is 2. The lowest BCUT2D eigenvalue weighted by Gasteiger charge is -2.15. The van der Waals surface area contributed by atoms with Crippen LogP contribution in [0.4, 0.5) is 11.4 Å². The van der Waals surface area contributed by atoms with E-state index in [1.165, 1.54) is 12.1 Å². The summed E-state index contributed by atoms with van der Waals surface area (Å²) >= 11 is 0. The van der Waals surface area contributed by atoms with Crippen molar-refractivity contribution >= 4 is 32.3 Å². The lowest BCUT2D eigenvalue weighted by molar-refractivity contribution is 0.602. The van der Waals surface area contributed by atoms with Crippen molar-refractivity contribution in [3.05, 3.63) is 60.3 Å². The summed E-state index contributed by atoms with van der Waals surface area (Å²) in [4.78, 5) is 4.30. The maximum atomic E-state index is 13.0. The highest BCUT2D eigenvalue weighted by Gasteiger charge is 2.20. The zero-order valence-electron chi connectivity index (χ0n) is 14.2. The average Bonchev–Trinajstić information content (AvgIpc) is 2.66. The summed E-state index contributed by atoms with van der Waals surface area (Å²) in [6.07, 6.45) is 2.45. The van der Waals surface area contributed by atoms with E-state index in [2.05, 4.69) is 15.0 Å². The molecule has 26 heavy (non-hydrogen) atoms. The molecule has 3 rings (SSSR count). The van der Waals surface area contributed by atoms with Gasteiger partial charge >= 0.3 is 0 Å². The van der Waals surface area contributed by atoms with Crippen LogP contribution in [0.15, 0.2) is 59.6 Å². The van der Waals surface area contributed by atoms with Crippen LogP contribution >= 0.6 is 0 Å². The highest BCUT2D eigenvalue weighted by molar-refractivity contribution is 7.93. The third kappa shape index (κ3) is 3.60. The molecule has 0 atom stereocenters. The molecule has 0 spiro atoms. The molecule has 1 heterocycles. The normalized spacial score (nSPS) is 11.1. The second kappa shape index (κ2) is 7.42. The third-order valence-corrected chi connectivity index (χ3v) is 5.24. The standard InChI is InChI=1S/C19H18N4O2S/c1-2-10-21-16-9-8-14(13-20)12-17(16)23-26(24,25)18-7-3-5-15-6-4-11-22-19(15)18/h3-9,11-12,21,23H,2,10H2,1H3. The van der Waals surface area contributed by atoms with Gasteiger partial charge in [0.2, 0.25) is 0 Å². The Hall–Kier alpha value is -3.11. The van der Waals surface area contributed by atoms with Crippen LogP contribution in [0, 0.1) is 11.3 Å². The molecule has 7 heteroatoms. The van der Waals surface area contributed by atoms with Crippen LogP contribution in [-0.2, 0) is 10.0 Å². The summed E-state index contributed by atoms with van der Waals surface area (Å²) < 4.78 is 28.6. The first-order chi connectivity index (χ1) is 12.5. The van der Waals surface area contributed by atoms with Crippen molar-refractivity contribution in [2.75, 3.05) is 16.6 Å². The Balaban J connectivity index is 2.05. The number of nitrogens with one attached hydrogen (secondary N) is 2. The van der Waals surface area contributed by atoms with Gasteiger partial charge in [-0.05, 0) is 36.8 Å². The van der Waals surface area contributed by atoms with Crippen LogP contribution in [-0.4, -0.2) is 19.9 Å². The summed E-state index contributed by atoms with van der Waals surface area (Å²) in [7, 11) is -3.87. The van der Waals surface area contributed by atoms with Crippen LogP contribution in [0.1, 0.15) is 18.9 Å². The summed E-state index contributed by atoms with van der Waals surface area (Å²) in [5, 5.41) is 13.0. The van der Waals surface area contributed by atoms with Crippen molar-refractivity contribution in [1.82, 2.24) is 4.98 Å². The van der Waals surface area contributed by atoms with E-state index in [4.69, 9.17) is 5.26 Å². The molecule has 0 fully saturated rings. The fraction of sp³-hybridized carbons (Fsp3) is 0.158. The van der Waals surface area contributed by atoms with Gasteiger partial charge in [-0.25, -0.2) is 8.42 Å². The second-order valence-electron chi connectivity index (χ2n) is 5.74. The number of nitriles is 1. The van der Waals surface area contributed by atoms with Crippen molar-refractivity contribution in [3.8, 4) is 6.07 Å². The van der Waals surface area contributed by atoms with Gasteiger partial charge in [-0.1, -0.05) is 25.1 Å². The Labute approximate surface area is 152 Å². The number of sulfonamides is 1. The predicted octanol–water partition coefficient (Wildman–Crippen LogP) is 3.73. The van der Waals surface area contributed by atoms with E-state index in [-0.39, 0.29) is 4.90 Å². The SMILES string of the molecule is CCCNc1ccc(C#N)cc1NS(=O)(=O)c1cccc2cccnc12. The van der Waals surface area contributed by atoms with Gasteiger partial charge in [0.15, 0.2) is 0 Å². The zero-order chi connectivity index (χ0) is 18.6. The summed E-state index contributed by atoms with van der Waals surface area (Å²) in [5.41, 5.74) is 1.75. The predicted molar refractivity (Wildman–Crippen MR) is 102 cm³/mol. The minimum absolute atomic E-state index is 0.0967. The van der Waals surface area contributed by atoms with E-state index in [9.17, 15) is 8.42 Å². The summed E-state index contributed by atoms with van der Waals surface area (Å²) in [6, 6.07) is 15.5. The maximum absolute atomic E-state index is 13.0. The molecule has 6 nitrogen and oxygen atoms in total. The number of rotatable bonds is 6. The van der Waals surface area contributed by atoms with E-state index in [0.717, 1.165) is 11.8 Å². The number of pyridine rings is 1. The summed E-state index contributed by atoms with van der Waals surface area (Å²) in [6.45, 7) is 2.71. The molecule has 0 bridgehead atoms. The zero-order valence-corrected chi connectivity index (χ0v) is 15.0. The number of hydrogen-bond acceptors (Lipinski definition) is 5. The highest BCUT2D eigenvalue weighted by Crippen LogP contribution is 2.28. The fourth-order valence-electron chi connectivity index (χ4n) is 2.60. The number of fused-ring (bicyclic) bond motifs is 1. The topological polar surface area (TPSA) is 94.9 Å². The number of aromatic nitrogens is 1. The summed E-state index contributed by atoms with van der Waals surface area (Å²) in [5.74, 6) is 0. The number of benzene rings is 2. The van der Waals surface area contributed by atoms with E-state index in [1.807, 2.05) is 25.1 Å². The van der Waals surface area contributed by atoms with Crippen molar-refractivity contribution in [3.63, 3.8) is 0 Å². The van der Waals surface area contributed by atoms with Crippen molar-refractivity contribution < 1.29 is 8.42 Å². The molecule has 0 radical (unpaired) electrons. The van der Waals surface area contributed by atoms with Gasteiger partial charge in [0.05, 0.1) is 28.5 Å². The molecule has 0 aliphatic heterocycles. The van der Waals surface area contributed by atoms with Crippen molar-refractivity contribution in [1.29, 1.82) is 5.26 Å². The Morgan fingerprint density at radius 2 is 1.92 bits per heavy atom. The van der Waals surface area contributed by atoms with Gasteiger partial charge in [0, 0.05) is 18.1 Å².